The fraction of sp³-hybridized carbons (Fsp3) is 0.700. The first kappa shape index (κ1) is 14.1. The van der Waals surface area contributed by atoms with Crippen molar-refractivity contribution in [2.75, 3.05) is 6.61 Å². The molecular weight excluding hydrogens is 242 g/mol. The Hall–Kier alpha value is -0.920. The van der Waals surface area contributed by atoms with Gasteiger partial charge in [-0.15, -0.1) is 0 Å². The highest BCUT2D eigenvalue weighted by Gasteiger charge is 2.19. The highest BCUT2D eigenvalue weighted by Crippen LogP contribution is 2.08. The van der Waals surface area contributed by atoms with Gasteiger partial charge in [-0.2, -0.15) is 0 Å². The molecule has 98 valence electrons. The number of aliphatic hydroxyl groups excluding tert-OH is 1. The number of nitrogens with one attached hydrogen (secondary N) is 2. The molecule has 1 unspecified atom stereocenters. The summed E-state index contributed by atoms with van der Waals surface area (Å²) in [5.41, 5.74) is 0. The number of aromatic amines is 1. The smallest absolute Gasteiger partial charge is 0.257 e. The van der Waals surface area contributed by atoms with Gasteiger partial charge in [-0.3, -0.25) is 0 Å². The molecule has 0 aliphatic rings. The molecule has 0 radical (unpaired) electrons. The minimum atomic E-state index is -3.53. The van der Waals surface area contributed by atoms with E-state index in [2.05, 4.69) is 14.7 Å². The molecule has 3 N–H and O–H groups in total. The van der Waals surface area contributed by atoms with Crippen LogP contribution in [0.3, 0.4) is 0 Å². The Kier molecular flexibility index (Phi) is 5.10. The van der Waals surface area contributed by atoms with Crippen LogP contribution in [0.25, 0.3) is 0 Å². The van der Waals surface area contributed by atoms with E-state index >= 15 is 0 Å². The molecule has 0 saturated carbocycles. The Labute approximate surface area is 102 Å². The maximum absolute atomic E-state index is 11.9. The van der Waals surface area contributed by atoms with Crippen molar-refractivity contribution in [2.24, 2.45) is 0 Å². The first-order valence-corrected chi connectivity index (χ1v) is 7.15. The second-order valence-corrected chi connectivity index (χ2v) is 5.62. The number of hydrogen-bond donors (Lipinski definition) is 3. The summed E-state index contributed by atoms with van der Waals surface area (Å²) in [6, 6.07) is -0.208. The largest absolute Gasteiger partial charge is 0.396 e. The quantitative estimate of drug-likeness (QED) is 0.662. The van der Waals surface area contributed by atoms with E-state index in [9.17, 15) is 8.42 Å². The molecule has 0 aliphatic heterocycles. The number of imidazole rings is 1. The third-order valence-corrected chi connectivity index (χ3v) is 3.88. The number of rotatable bonds is 7. The average Bonchev–Trinajstić information content (AvgIpc) is 2.75. The number of nitrogens with zero attached hydrogens (tertiary/aromatic N) is 1. The molecule has 0 fully saturated rings. The van der Waals surface area contributed by atoms with Crippen molar-refractivity contribution in [2.45, 2.75) is 44.2 Å². The Bertz CT molecular complexity index is 441. The summed E-state index contributed by atoms with van der Waals surface area (Å²) in [5.74, 6) is 0.647. The first-order valence-electron chi connectivity index (χ1n) is 5.66. The predicted octanol–water partition coefficient (Wildman–Crippen LogP) is 0.411. The molecule has 0 aromatic carbocycles. The summed E-state index contributed by atoms with van der Waals surface area (Å²) in [5, 5.41) is 8.76. The minimum Gasteiger partial charge on any atom is -0.396 e. The number of hydrogen-bond acceptors (Lipinski definition) is 4. The monoisotopic (exact) mass is 261 g/mol. The number of aromatic nitrogens is 2. The minimum absolute atomic E-state index is 0.0656. The van der Waals surface area contributed by atoms with E-state index in [1.807, 2.05) is 6.92 Å². The lowest BCUT2D eigenvalue weighted by Crippen LogP contribution is -2.32. The zero-order chi connectivity index (χ0) is 12.9. The van der Waals surface area contributed by atoms with E-state index in [-0.39, 0.29) is 17.7 Å². The van der Waals surface area contributed by atoms with Crippen molar-refractivity contribution in [3.63, 3.8) is 0 Å². The van der Waals surface area contributed by atoms with Crippen LogP contribution in [0, 0.1) is 0 Å². The van der Waals surface area contributed by atoms with E-state index in [0.717, 1.165) is 0 Å². The lowest BCUT2D eigenvalue weighted by atomic mass is 10.2. The van der Waals surface area contributed by atoms with Crippen molar-refractivity contribution in [3.05, 3.63) is 12.0 Å². The van der Waals surface area contributed by atoms with Gasteiger partial charge in [0.25, 0.3) is 10.0 Å². The number of aryl methyl sites for hydroxylation is 1. The summed E-state index contributed by atoms with van der Waals surface area (Å²) < 4.78 is 26.3. The fourth-order valence-corrected chi connectivity index (χ4v) is 2.66. The van der Waals surface area contributed by atoms with Gasteiger partial charge in [-0.05, 0) is 19.8 Å². The van der Waals surface area contributed by atoms with Crippen molar-refractivity contribution in [3.8, 4) is 0 Å². The maximum Gasteiger partial charge on any atom is 0.257 e. The van der Waals surface area contributed by atoms with Gasteiger partial charge in [0.2, 0.25) is 0 Å². The molecule has 17 heavy (non-hydrogen) atoms. The summed E-state index contributed by atoms with van der Waals surface area (Å²) in [6.45, 7) is 3.73. The van der Waals surface area contributed by atoms with Gasteiger partial charge in [0.05, 0.1) is 6.20 Å². The van der Waals surface area contributed by atoms with Gasteiger partial charge >= 0.3 is 0 Å². The van der Waals surface area contributed by atoms with Gasteiger partial charge < -0.3 is 10.1 Å². The molecule has 0 aliphatic carbocycles. The molecule has 1 rings (SSSR count). The van der Waals surface area contributed by atoms with Crippen molar-refractivity contribution < 1.29 is 13.5 Å². The molecule has 0 bridgehead atoms. The van der Waals surface area contributed by atoms with Gasteiger partial charge in [0, 0.05) is 19.1 Å². The zero-order valence-corrected chi connectivity index (χ0v) is 10.9. The number of aliphatic hydroxyl groups is 1. The SMILES string of the molecule is CCc1ncc(S(=O)(=O)NC(C)CCCO)[nH]1. The van der Waals surface area contributed by atoms with Crippen LogP contribution in [0.15, 0.2) is 11.2 Å². The molecule has 0 spiro atoms. The summed E-state index contributed by atoms with van der Waals surface area (Å²) in [4.78, 5) is 6.71. The first-order chi connectivity index (χ1) is 7.99. The highest BCUT2D eigenvalue weighted by molar-refractivity contribution is 7.89. The average molecular weight is 261 g/mol. The Morgan fingerprint density at radius 1 is 1.59 bits per heavy atom. The number of H-pyrrole nitrogens is 1. The second-order valence-electron chi connectivity index (χ2n) is 3.94. The van der Waals surface area contributed by atoms with Crippen LogP contribution in [-0.4, -0.2) is 36.1 Å². The van der Waals surface area contributed by atoms with Crippen LogP contribution in [0.2, 0.25) is 0 Å². The third kappa shape index (κ3) is 4.10. The van der Waals surface area contributed by atoms with Crippen LogP contribution >= 0.6 is 0 Å². The molecule has 1 aromatic heterocycles. The lowest BCUT2D eigenvalue weighted by Gasteiger charge is -2.12. The topological polar surface area (TPSA) is 95.1 Å². The van der Waals surface area contributed by atoms with Crippen molar-refractivity contribution in [1.29, 1.82) is 0 Å². The molecule has 1 atom stereocenters. The second kappa shape index (κ2) is 6.13. The van der Waals surface area contributed by atoms with Gasteiger partial charge in [0.1, 0.15) is 5.82 Å². The van der Waals surface area contributed by atoms with Crippen LogP contribution in [0.1, 0.15) is 32.5 Å². The summed E-state index contributed by atoms with van der Waals surface area (Å²) in [7, 11) is -3.53. The van der Waals surface area contributed by atoms with Gasteiger partial charge in [-0.25, -0.2) is 18.1 Å². The molecule has 1 aromatic rings. The van der Waals surface area contributed by atoms with Crippen LogP contribution in [-0.2, 0) is 16.4 Å². The van der Waals surface area contributed by atoms with E-state index in [1.165, 1.54) is 6.20 Å². The summed E-state index contributed by atoms with van der Waals surface area (Å²) in [6.07, 6.45) is 3.16. The Balaban J connectivity index is 2.68. The van der Waals surface area contributed by atoms with Crippen molar-refractivity contribution in [1.82, 2.24) is 14.7 Å². The van der Waals surface area contributed by atoms with E-state index < -0.39 is 10.0 Å². The molecule has 6 nitrogen and oxygen atoms in total. The summed E-state index contributed by atoms with van der Waals surface area (Å²) >= 11 is 0. The molecule has 1 heterocycles. The van der Waals surface area contributed by atoms with Crippen LogP contribution in [0.5, 0.6) is 0 Å². The van der Waals surface area contributed by atoms with Gasteiger partial charge in [0.15, 0.2) is 5.03 Å². The lowest BCUT2D eigenvalue weighted by molar-refractivity contribution is 0.279. The van der Waals surface area contributed by atoms with Crippen LogP contribution in [0.4, 0.5) is 0 Å². The normalized spacial score (nSPS) is 13.8. The van der Waals surface area contributed by atoms with Gasteiger partial charge in [-0.1, -0.05) is 6.92 Å². The number of sulfonamides is 1. The van der Waals surface area contributed by atoms with E-state index in [4.69, 9.17) is 5.11 Å². The highest BCUT2D eigenvalue weighted by atomic mass is 32.2. The molecular formula is C10H19N3O3S. The zero-order valence-electron chi connectivity index (χ0n) is 10.1. The third-order valence-electron chi connectivity index (χ3n) is 2.38. The Morgan fingerprint density at radius 3 is 2.82 bits per heavy atom. The van der Waals surface area contributed by atoms with Crippen LogP contribution < -0.4 is 4.72 Å². The molecule has 0 saturated heterocycles. The standard InChI is InChI=1S/C10H19N3O3S/c1-3-9-11-7-10(12-9)17(15,16)13-8(2)5-4-6-14/h7-8,13-14H,3-6H2,1-2H3,(H,11,12). The predicted molar refractivity (Wildman–Crippen MR) is 64.1 cm³/mol. The molecule has 7 heteroatoms. The van der Waals surface area contributed by atoms with E-state index in [1.54, 1.807) is 6.92 Å². The fourth-order valence-electron chi connectivity index (χ4n) is 1.44. The molecule has 0 amide bonds. The van der Waals surface area contributed by atoms with Crippen molar-refractivity contribution >= 4 is 10.0 Å². The van der Waals surface area contributed by atoms with E-state index in [0.29, 0.717) is 25.1 Å². The maximum atomic E-state index is 11.9. The Morgan fingerprint density at radius 2 is 2.29 bits per heavy atom.